The molecule has 1 saturated carbocycles. The van der Waals surface area contributed by atoms with E-state index in [4.69, 9.17) is 9.52 Å². The molecule has 33 heavy (non-hydrogen) atoms. The summed E-state index contributed by atoms with van der Waals surface area (Å²) in [5, 5.41) is 4.84. The van der Waals surface area contributed by atoms with Crippen LogP contribution in [0.25, 0.3) is 22.5 Å². The van der Waals surface area contributed by atoms with Gasteiger partial charge < -0.3 is 4.42 Å². The van der Waals surface area contributed by atoms with Crippen LogP contribution in [-0.2, 0) is 11.3 Å². The predicted octanol–water partition coefficient (Wildman–Crippen LogP) is 6.37. The zero-order valence-corrected chi connectivity index (χ0v) is 19.2. The number of aromatic nitrogens is 3. The van der Waals surface area contributed by atoms with E-state index in [2.05, 4.69) is 35.3 Å². The fourth-order valence-corrected chi connectivity index (χ4v) is 4.74. The number of aryl methyl sites for hydroxylation is 2. The van der Waals surface area contributed by atoms with E-state index in [0.29, 0.717) is 12.5 Å². The Morgan fingerprint density at radius 3 is 2.18 bits per heavy atom. The van der Waals surface area contributed by atoms with Crippen LogP contribution < -0.4 is 0 Å². The van der Waals surface area contributed by atoms with Gasteiger partial charge in [-0.1, -0.05) is 60.7 Å². The predicted molar refractivity (Wildman–Crippen MR) is 129 cm³/mol. The lowest BCUT2D eigenvalue weighted by atomic mass is 9.80. The van der Waals surface area contributed by atoms with Crippen molar-refractivity contribution in [1.29, 1.82) is 0 Å². The van der Waals surface area contributed by atoms with Crippen molar-refractivity contribution in [1.82, 2.24) is 14.8 Å². The molecule has 0 N–H and O–H groups in total. The number of hydrogen-bond acceptors (Lipinski definition) is 4. The molecule has 5 heteroatoms. The number of benzene rings is 2. The van der Waals surface area contributed by atoms with E-state index in [-0.39, 0.29) is 11.7 Å². The minimum absolute atomic E-state index is 0.0615. The van der Waals surface area contributed by atoms with Gasteiger partial charge in [0.25, 0.3) is 0 Å². The first-order valence-electron chi connectivity index (χ1n) is 11.7. The Bertz CT molecular complexity index is 1210. The number of oxazole rings is 1. The summed E-state index contributed by atoms with van der Waals surface area (Å²) in [6, 6.07) is 22.4. The standard InChI is InChI=1S/C28H29N3O2/c1-19-20(2)33-28(29-19)24-15-13-23(14-16-24)27(32)18-31-26(22-11-7-4-8-12-22)17-25(30-31)21-9-5-3-6-10-21/h3-12,17,23-24H,13-16,18H2,1-2H3. The molecule has 0 spiro atoms. The van der Waals surface area contributed by atoms with Crippen LogP contribution in [0, 0.1) is 19.8 Å². The molecule has 5 nitrogen and oxygen atoms in total. The number of hydrogen-bond donors (Lipinski definition) is 0. The zero-order valence-electron chi connectivity index (χ0n) is 19.2. The van der Waals surface area contributed by atoms with Gasteiger partial charge in [-0.25, -0.2) is 4.98 Å². The van der Waals surface area contributed by atoms with E-state index >= 15 is 0 Å². The Morgan fingerprint density at radius 2 is 1.58 bits per heavy atom. The summed E-state index contributed by atoms with van der Waals surface area (Å²) >= 11 is 0. The second-order valence-corrected chi connectivity index (χ2v) is 9.01. The normalized spacial score (nSPS) is 18.4. The molecule has 1 aliphatic rings. The Hall–Kier alpha value is -3.47. The number of nitrogens with zero attached hydrogens (tertiary/aromatic N) is 3. The van der Waals surface area contributed by atoms with Gasteiger partial charge in [0.1, 0.15) is 12.3 Å². The van der Waals surface area contributed by atoms with E-state index in [1.54, 1.807) is 0 Å². The van der Waals surface area contributed by atoms with Crippen molar-refractivity contribution in [3.8, 4) is 22.5 Å². The summed E-state index contributed by atoms with van der Waals surface area (Å²) in [4.78, 5) is 17.9. The van der Waals surface area contributed by atoms with E-state index in [0.717, 1.165) is 65.5 Å². The highest BCUT2D eigenvalue weighted by Crippen LogP contribution is 2.37. The lowest BCUT2D eigenvalue weighted by Crippen LogP contribution is -2.25. The first-order valence-corrected chi connectivity index (χ1v) is 11.7. The smallest absolute Gasteiger partial charge is 0.197 e. The monoisotopic (exact) mass is 439 g/mol. The van der Waals surface area contributed by atoms with Gasteiger partial charge in [-0.15, -0.1) is 0 Å². The third-order valence-electron chi connectivity index (χ3n) is 6.80. The van der Waals surface area contributed by atoms with Crippen LogP contribution in [0.3, 0.4) is 0 Å². The first-order chi connectivity index (χ1) is 16.1. The third-order valence-corrected chi connectivity index (χ3v) is 6.80. The Balaban J connectivity index is 1.33. The van der Waals surface area contributed by atoms with Crippen LogP contribution in [0.4, 0.5) is 0 Å². The minimum Gasteiger partial charge on any atom is -0.445 e. The summed E-state index contributed by atoms with van der Waals surface area (Å²) < 4.78 is 7.73. The van der Waals surface area contributed by atoms with Crippen LogP contribution in [0.15, 0.2) is 71.1 Å². The number of Topliss-reactive ketones (excluding diaryl/α,β-unsaturated/α-hetero) is 1. The van der Waals surface area contributed by atoms with Gasteiger partial charge >= 0.3 is 0 Å². The van der Waals surface area contributed by atoms with Crippen molar-refractivity contribution in [2.24, 2.45) is 5.92 Å². The topological polar surface area (TPSA) is 60.9 Å². The van der Waals surface area contributed by atoms with Crippen LogP contribution in [-0.4, -0.2) is 20.5 Å². The molecule has 2 heterocycles. The number of carbonyl (C=O) groups is 1. The molecular formula is C28H29N3O2. The number of carbonyl (C=O) groups excluding carboxylic acids is 1. The molecule has 1 aliphatic carbocycles. The average Bonchev–Trinajstić information content (AvgIpc) is 3.43. The maximum atomic E-state index is 13.3. The molecule has 2 aromatic carbocycles. The molecule has 2 aromatic heterocycles. The number of rotatable bonds is 6. The molecule has 0 amide bonds. The second-order valence-electron chi connectivity index (χ2n) is 9.01. The largest absolute Gasteiger partial charge is 0.445 e. The van der Waals surface area contributed by atoms with E-state index in [1.807, 2.05) is 54.9 Å². The van der Waals surface area contributed by atoms with Crippen LogP contribution >= 0.6 is 0 Å². The molecule has 4 aromatic rings. The highest BCUT2D eigenvalue weighted by atomic mass is 16.4. The molecule has 168 valence electrons. The van der Waals surface area contributed by atoms with Crippen molar-refractivity contribution < 1.29 is 9.21 Å². The summed E-state index contributed by atoms with van der Waals surface area (Å²) in [6.45, 7) is 4.23. The molecule has 0 radical (unpaired) electrons. The first kappa shape index (κ1) is 21.4. The van der Waals surface area contributed by atoms with Gasteiger partial charge in [-0.3, -0.25) is 9.48 Å². The van der Waals surface area contributed by atoms with Crippen molar-refractivity contribution in [3.63, 3.8) is 0 Å². The molecule has 0 atom stereocenters. The molecule has 0 bridgehead atoms. The summed E-state index contributed by atoms with van der Waals surface area (Å²) in [6.07, 6.45) is 3.63. The molecular weight excluding hydrogens is 410 g/mol. The fraction of sp³-hybridized carbons (Fsp3) is 0.321. The third kappa shape index (κ3) is 4.54. The second kappa shape index (κ2) is 9.18. The van der Waals surface area contributed by atoms with Crippen molar-refractivity contribution in [2.75, 3.05) is 0 Å². The average molecular weight is 440 g/mol. The molecule has 0 aliphatic heterocycles. The minimum atomic E-state index is 0.0615. The molecule has 5 rings (SSSR count). The Morgan fingerprint density at radius 1 is 0.939 bits per heavy atom. The number of ketones is 1. The highest BCUT2D eigenvalue weighted by molar-refractivity contribution is 5.82. The van der Waals surface area contributed by atoms with E-state index in [1.165, 1.54) is 0 Å². The Kier molecular flexibility index (Phi) is 5.95. The van der Waals surface area contributed by atoms with Gasteiger partial charge in [0, 0.05) is 17.4 Å². The molecule has 1 fully saturated rings. The SMILES string of the molecule is Cc1nc(C2CCC(C(=O)Cn3nc(-c4ccccc4)cc3-c3ccccc3)CC2)oc1C. The van der Waals surface area contributed by atoms with Crippen LogP contribution in [0.5, 0.6) is 0 Å². The van der Waals surface area contributed by atoms with Crippen LogP contribution in [0.2, 0.25) is 0 Å². The van der Waals surface area contributed by atoms with Gasteiger partial charge in [0.05, 0.1) is 17.1 Å². The fourth-order valence-electron chi connectivity index (χ4n) is 4.74. The highest BCUT2D eigenvalue weighted by Gasteiger charge is 2.30. The quantitative estimate of drug-likeness (QED) is 0.350. The summed E-state index contributed by atoms with van der Waals surface area (Å²) in [5.41, 5.74) is 4.95. The zero-order chi connectivity index (χ0) is 22.8. The molecule has 0 saturated heterocycles. The maximum absolute atomic E-state index is 13.3. The lowest BCUT2D eigenvalue weighted by molar-refractivity contribution is -0.124. The summed E-state index contributed by atoms with van der Waals surface area (Å²) in [5.74, 6) is 2.36. The van der Waals surface area contributed by atoms with E-state index in [9.17, 15) is 4.79 Å². The lowest BCUT2D eigenvalue weighted by Gasteiger charge is -2.26. The van der Waals surface area contributed by atoms with Gasteiger partial charge in [-0.2, -0.15) is 5.10 Å². The van der Waals surface area contributed by atoms with Crippen molar-refractivity contribution in [2.45, 2.75) is 52.0 Å². The maximum Gasteiger partial charge on any atom is 0.197 e. The van der Waals surface area contributed by atoms with Gasteiger partial charge in [0.15, 0.2) is 11.7 Å². The van der Waals surface area contributed by atoms with Gasteiger partial charge in [0.2, 0.25) is 0 Å². The van der Waals surface area contributed by atoms with Crippen molar-refractivity contribution in [3.05, 3.63) is 84.1 Å². The summed E-state index contributed by atoms with van der Waals surface area (Å²) in [7, 11) is 0. The Labute approximate surface area is 194 Å². The van der Waals surface area contributed by atoms with E-state index < -0.39 is 0 Å². The van der Waals surface area contributed by atoms with Gasteiger partial charge in [-0.05, 0) is 51.2 Å². The molecule has 0 unspecified atom stereocenters. The van der Waals surface area contributed by atoms with Crippen LogP contribution in [0.1, 0.15) is 48.9 Å². The van der Waals surface area contributed by atoms with Crippen molar-refractivity contribution >= 4 is 5.78 Å².